The van der Waals surface area contributed by atoms with Crippen LogP contribution in [0.4, 0.5) is 0 Å². The molecule has 0 amide bonds. The van der Waals surface area contributed by atoms with E-state index in [4.69, 9.17) is 0 Å². The third-order valence-electron chi connectivity index (χ3n) is 6.52. The number of allylic oxidation sites excluding steroid dienone is 2. The molecule has 0 aliphatic carbocycles. The number of carboxylic acids is 1. The van der Waals surface area contributed by atoms with Gasteiger partial charge in [-0.3, -0.25) is 0 Å². The normalized spacial score (nSPS) is 11.5. The Kier molecular flexibility index (Phi) is 32.0. The minimum Gasteiger partial charge on any atom is -0.550 e. The monoisotopic (exact) mass is 474 g/mol. The molecule has 0 aliphatic heterocycles. The van der Waals surface area contributed by atoms with Gasteiger partial charge in [-0.1, -0.05) is 142 Å². The second kappa shape index (κ2) is 30.0. The van der Waals surface area contributed by atoms with Gasteiger partial charge < -0.3 is 15.0 Å². The number of carbonyl (C=O) groups excluding carboxylic acids is 1. The van der Waals surface area contributed by atoms with Gasteiger partial charge in [-0.2, -0.15) is 0 Å². The Hall–Kier alpha value is 0.0100. The van der Waals surface area contributed by atoms with Crippen LogP contribution in [0.3, 0.4) is 0 Å². The number of aliphatic hydroxyl groups excluding tert-OH is 1. The molecule has 3 nitrogen and oxygen atoms in total. The Balaban J connectivity index is 0. The number of aliphatic carboxylic acids is 1. The Labute approximate surface area is 228 Å². The molecule has 0 spiro atoms. The molecule has 0 aromatic heterocycles. The van der Waals surface area contributed by atoms with Crippen LogP contribution in [0.15, 0.2) is 11.8 Å². The first kappa shape index (κ1) is 35.2. The van der Waals surface area contributed by atoms with Crippen LogP contribution in [0.25, 0.3) is 0 Å². The van der Waals surface area contributed by atoms with Crippen LogP contribution in [-0.2, 0) is 4.79 Å². The molecule has 0 bridgehead atoms. The number of hydrogen-bond donors (Lipinski definition) is 1. The summed E-state index contributed by atoms with van der Waals surface area (Å²) in [6.45, 7) is 2.29. The van der Waals surface area contributed by atoms with E-state index in [9.17, 15) is 15.0 Å². The molecule has 0 saturated heterocycles. The maximum Gasteiger partial charge on any atom is 1.00 e. The molecular formula is C29H55NaO3. The fourth-order valence-electron chi connectivity index (χ4n) is 4.35. The van der Waals surface area contributed by atoms with Crippen LogP contribution in [-0.4, -0.2) is 11.1 Å². The number of aliphatic hydroxyl groups is 1. The van der Waals surface area contributed by atoms with E-state index < -0.39 is 5.97 Å². The van der Waals surface area contributed by atoms with Gasteiger partial charge in [0.25, 0.3) is 0 Å². The standard InChI is InChI=1S/C29H56O3.Na/c1-2-3-4-5-6-7-8-9-10-11-12-13-14-15-16-17-18-19-20-21-22-23-24-25-28(30)26-27-29(31)32;/h25,30H,2-24,26-27H2,1H3,(H,31,32);/q;+1/p-1. The summed E-state index contributed by atoms with van der Waals surface area (Å²) in [4.78, 5) is 10.3. The van der Waals surface area contributed by atoms with Crippen LogP contribution >= 0.6 is 0 Å². The minimum absolute atomic E-state index is 0. The van der Waals surface area contributed by atoms with E-state index in [-0.39, 0.29) is 48.2 Å². The van der Waals surface area contributed by atoms with Crippen molar-refractivity contribution in [1.29, 1.82) is 0 Å². The number of hydrogen-bond acceptors (Lipinski definition) is 3. The summed E-state index contributed by atoms with van der Waals surface area (Å²) in [5, 5.41) is 19.9. The van der Waals surface area contributed by atoms with Gasteiger partial charge in [0, 0.05) is 12.4 Å². The molecule has 0 heterocycles. The van der Waals surface area contributed by atoms with Gasteiger partial charge in [0.2, 0.25) is 0 Å². The summed E-state index contributed by atoms with van der Waals surface area (Å²) in [5.41, 5.74) is 0. The van der Waals surface area contributed by atoms with Crippen molar-refractivity contribution < 1.29 is 44.6 Å². The Bertz CT molecular complexity index is 423. The summed E-state index contributed by atoms with van der Waals surface area (Å²) in [6, 6.07) is 0. The summed E-state index contributed by atoms with van der Waals surface area (Å²) < 4.78 is 0. The Morgan fingerprint density at radius 1 is 0.576 bits per heavy atom. The second-order valence-electron chi connectivity index (χ2n) is 9.78. The van der Waals surface area contributed by atoms with Crippen LogP contribution in [0, 0.1) is 0 Å². The smallest absolute Gasteiger partial charge is 0.550 e. The van der Waals surface area contributed by atoms with Crippen molar-refractivity contribution in [1.82, 2.24) is 0 Å². The topological polar surface area (TPSA) is 60.4 Å². The number of carboxylic acid groups (broad SMARTS) is 1. The molecule has 190 valence electrons. The third-order valence-corrected chi connectivity index (χ3v) is 6.52. The Morgan fingerprint density at radius 2 is 0.879 bits per heavy atom. The maximum absolute atomic E-state index is 10.3. The van der Waals surface area contributed by atoms with E-state index in [1.807, 2.05) is 0 Å². The van der Waals surface area contributed by atoms with E-state index in [0.29, 0.717) is 0 Å². The zero-order chi connectivity index (χ0) is 23.5. The van der Waals surface area contributed by atoms with E-state index >= 15 is 0 Å². The molecule has 0 aromatic carbocycles. The molecule has 0 unspecified atom stereocenters. The molecule has 0 rings (SSSR count). The minimum atomic E-state index is -1.10. The van der Waals surface area contributed by atoms with Crippen molar-refractivity contribution in [2.24, 2.45) is 0 Å². The first-order valence-electron chi connectivity index (χ1n) is 14.2. The molecule has 4 heteroatoms. The van der Waals surface area contributed by atoms with E-state index in [1.54, 1.807) is 6.08 Å². The summed E-state index contributed by atoms with van der Waals surface area (Å²) in [7, 11) is 0. The fourth-order valence-corrected chi connectivity index (χ4v) is 4.35. The largest absolute Gasteiger partial charge is 1.00 e. The van der Waals surface area contributed by atoms with Gasteiger partial charge in [0.05, 0.1) is 5.76 Å². The SMILES string of the molecule is CCCCCCCCCCCCCCCCCCCCCCCCC=C(O)CCC(=O)[O-].[Na+]. The number of rotatable bonds is 26. The van der Waals surface area contributed by atoms with Crippen LogP contribution < -0.4 is 34.7 Å². The van der Waals surface area contributed by atoms with Gasteiger partial charge in [0.1, 0.15) is 0 Å². The number of carbonyl (C=O) groups is 1. The molecule has 0 aliphatic rings. The van der Waals surface area contributed by atoms with E-state index in [2.05, 4.69) is 6.92 Å². The van der Waals surface area contributed by atoms with Crippen molar-refractivity contribution in [2.75, 3.05) is 0 Å². The van der Waals surface area contributed by atoms with Crippen molar-refractivity contribution in [3.8, 4) is 0 Å². The zero-order valence-corrected chi connectivity index (χ0v) is 24.5. The van der Waals surface area contributed by atoms with Gasteiger partial charge in [-0.25, -0.2) is 0 Å². The predicted molar refractivity (Wildman–Crippen MR) is 137 cm³/mol. The molecule has 0 aromatic rings. The summed E-state index contributed by atoms with van der Waals surface area (Å²) in [6.07, 6.45) is 33.3. The van der Waals surface area contributed by atoms with Gasteiger partial charge in [-0.05, 0) is 25.3 Å². The van der Waals surface area contributed by atoms with Crippen molar-refractivity contribution in [2.45, 2.75) is 167 Å². The maximum atomic E-state index is 10.3. The van der Waals surface area contributed by atoms with Crippen LogP contribution in [0.5, 0.6) is 0 Å². The average Bonchev–Trinajstić information content (AvgIpc) is 2.78. The molecule has 0 fully saturated rings. The quantitative estimate of drug-likeness (QED) is 0.0956. The summed E-state index contributed by atoms with van der Waals surface area (Å²) >= 11 is 0. The predicted octanol–water partition coefficient (Wildman–Crippen LogP) is 5.95. The summed E-state index contributed by atoms with van der Waals surface area (Å²) in [5.74, 6) is -0.910. The van der Waals surface area contributed by atoms with Crippen molar-refractivity contribution in [3.63, 3.8) is 0 Å². The molecule has 0 saturated carbocycles. The van der Waals surface area contributed by atoms with Crippen LogP contribution in [0.1, 0.15) is 167 Å². The molecular weight excluding hydrogens is 419 g/mol. The van der Waals surface area contributed by atoms with E-state index in [1.165, 1.54) is 135 Å². The van der Waals surface area contributed by atoms with Gasteiger partial charge in [0.15, 0.2) is 0 Å². The van der Waals surface area contributed by atoms with Crippen molar-refractivity contribution >= 4 is 5.97 Å². The van der Waals surface area contributed by atoms with Gasteiger partial charge >= 0.3 is 29.6 Å². The molecule has 1 N–H and O–H groups in total. The molecule has 0 atom stereocenters. The van der Waals surface area contributed by atoms with Crippen LogP contribution in [0.2, 0.25) is 0 Å². The first-order chi connectivity index (χ1) is 15.7. The molecule has 33 heavy (non-hydrogen) atoms. The molecule has 0 radical (unpaired) electrons. The van der Waals surface area contributed by atoms with E-state index in [0.717, 1.165) is 12.8 Å². The number of unbranched alkanes of at least 4 members (excludes halogenated alkanes) is 22. The van der Waals surface area contributed by atoms with Crippen molar-refractivity contribution in [3.05, 3.63) is 11.8 Å². The van der Waals surface area contributed by atoms with Gasteiger partial charge in [-0.15, -0.1) is 0 Å². The zero-order valence-electron chi connectivity index (χ0n) is 22.5. The fraction of sp³-hybridized carbons (Fsp3) is 0.897. The average molecular weight is 475 g/mol. The first-order valence-corrected chi connectivity index (χ1v) is 14.2. The second-order valence-corrected chi connectivity index (χ2v) is 9.78. The Morgan fingerprint density at radius 3 is 1.18 bits per heavy atom. The third kappa shape index (κ3) is 32.0.